The first-order valence-electron chi connectivity index (χ1n) is 9.89. The molecule has 2 aromatic rings. The van der Waals surface area contributed by atoms with Crippen molar-refractivity contribution in [2.75, 3.05) is 32.0 Å². The van der Waals surface area contributed by atoms with E-state index in [9.17, 15) is 14.0 Å². The molecule has 1 aliphatic heterocycles. The van der Waals surface area contributed by atoms with Gasteiger partial charge in [-0.2, -0.15) is 0 Å². The molecule has 0 radical (unpaired) electrons. The summed E-state index contributed by atoms with van der Waals surface area (Å²) in [6.45, 7) is 1.45. The van der Waals surface area contributed by atoms with Gasteiger partial charge in [-0.25, -0.2) is 4.39 Å². The molecular formula is C22H26FN5O2. The lowest BCUT2D eigenvalue weighted by atomic mass is 9.90. The fourth-order valence-electron chi connectivity index (χ4n) is 3.40. The number of hydrogen-bond donors (Lipinski definition) is 4. The second-order valence-electron chi connectivity index (χ2n) is 7.07. The van der Waals surface area contributed by atoms with Crippen LogP contribution < -0.4 is 21.3 Å². The van der Waals surface area contributed by atoms with Crippen molar-refractivity contribution < 1.29 is 14.0 Å². The number of fused-ring (bicyclic) bond motifs is 1. The van der Waals surface area contributed by atoms with Crippen molar-refractivity contribution >= 4 is 23.5 Å². The lowest BCUT2D eigenvalue weighted by Crippen LogP contribution is -2.43. The summed E-state index contributed by atoms with van der Waals surface area (Å²) in [5.74, 6) is 0.131. The number of aliphatic imine (C=N–C) groups is 1. The van der Waals surface area contributed by atoms with Gasteiger partial charge in [-0.15, -0.1) is 0 Å². The van der Waals surface area contributed by atoms with E-state index in [1.165, 1.54) is 12.1 Å². The van der Waals surface area contributed by atoms with Crippen LogP contribution in [0, 0.1) is 5.82 Å². The molecule has 8 heteroatoms. The smallest absolute Gasteiger partial charge is 0.225 e. The molecule has 1 heterocycles. The van der Waals surface area contributed by atoms with Gasteiger partial charge in [0.1, 0.15) is 5.82 Å². The van der Waals surface area contributed by atoms with Crippen LogP contribution >= 0.6 is 0 Å². The van der Waals surface area contributed by atoms with Crippen LogP contribution in [0.5, 0.6) is 0 Å². The number of carbonyl (C=O) groups is 2. The second-order valence-corrected chi connectivity index (χ2v) is 7.07. The normalized spacial score (nSPS) is 15.7. The van der Waals surface area contributed by atoms with Gasteiger partial charge in [0.25, 0.3) is 0 Å². The predicted octanol–water partition coefficient (Wildman–Crippen LogP) is 1.78. The fourth-order valence-corrected chi connectivity index (χ4v) is 3.40. The standard InChI is InChI=1S/C22H26FN5O2/c1-24-22(26-10-9-25-20(29)12-15-5-4-6-17(23)11-15)27-14-16-13-21(30)28-19-8-3-2-7-18(16)19/h2-8,11,16H,9-10,12-14H2,1H3,(H,25,29)(H,28,30)(H2,24,26,27). The molecule has 1 atom stereocenters. The highest BCUT2D eigenvalue weighted by molar-refractivity contribution is 5.94. The number of amides is 2. The number of hydrogen-bond acceptors (Lipinski definition) is 3. The number of nitrogens with one attached hydrogen (secondary N) is 4. The minimum atomic E-state index is -0.352. The highest BCUT2D eigenvalue weighted by atomic mass is 19.1. The van der Waals surface area contributed by atoms with Crippen LogP contribution in [0.1, 0.15) is 23.5 Å². The topological polar surface area (TPSA) is 94.6 Å². The number of carbonyl (C=O) groups excluding carboxylic acids is 2. The number of rotatable bonds is 7. The van der Waals surface area contributed by atoms with E-state index < -0.39 is 0 Å². The van der Waals surface area contributed by atoms with Crippen LogP contribution in [0.4, 0.5) is 10.1 Å². The van der Waals surface area contributed by atoms with Crippen LogP contribution in [0.25, 0.3) is 0 Å². The summed E-state index contributed by atoms with van der Waals surface area (Å²) < 4.78 is 13.2. The summed E-state index contributed by atoms with van der Waals surface area (Å²) >= 11 is 0. The molecule has 0 saturated heterocycles. The third kappa shape index (κ3) is 6.04. The fraction of sp³-hybridized carbons (Fsp3) is 0.318. The minimum absolute atomic E-state index is 0.00413. The molecule has 0 bridgehead atoms. The van der Waals surface area contributed by atoms with Gasteiger partial charge in [-0.1, -0.05) is 30.3 Å². The molecule has 0 fully saturated rings. The Balaban J connectivity index is 1.40. The third-order valence-electron chi connectivity index (χ3n) is 4.84. The molecule has 7 nitrogen and oxygen atoms in total. The van der Waals surface area contributed by atoms with Gasteiger partial charge >= 0.3 is 0 Å². The summed E-state index contributed by atoms with van der Waals surface area (Å²) in [5, 5.41) is 12.1. The summed E-state index contributed by atoms with van der Waals surface area (Å²) in [4.78, 5) is 28.1. The number of para-hydroxylation sites is 1. The maximum Gasteiger partial charge on any atom is 0.225 e. The zero-order valence-electron chi connectivity index (χ0n) is 16.9. The molecule has 4 N–H and O–H groups in total. The number of anilines is 1. The highest BCUT2D eigenvalue weighted by Crippen LogP contribution is 2.31. The molecule has 0 aliphatic carbocycles. The van der Waals surface area contributed by atoms with E-state index in [4.69, 9.17) is 0 Å². The van der Waals surface area contributed by atoms with Crippen molar-refractivity contribution in [3.8, 4) is 0 Å². The average Bonchev–Trinajstić information content (AvgIpc) is 2.73. The molecule has 158 valence electrons. The third-order valence-corrected chi connectivity index (χ3v) is 4.84. The van der Waals surface area contributed by atoms with E-state index in [1.54, 1.807) is 19.2 Å². The van der Waals surface area contributed by atoms with E-state index in [1.807, 2.05) is 24.3 Å². The van der Waals surface area contributed by atoms with Gasteiger partial charge in [-0.05, 0) is 29.3 Å². The molecule has 2 aromatic carbocycles. The van der Waals surface area contributed by atoms with Crippen LogP contribution in [0.15, 0.2) is 53.5 Å². The molecule has 1 aliphatic rings. The number of halogens is 1. The molecule has 0 spiro atoms. The van der Waals surface area contributed by atoms with Gasteiger partial charge in [0, 0.05) is 44.7 Å². The maximum absolute atomic E-state index is 13.2. The van der Waals surface area contributed by atoms with Crippen LogP contribution in [0.3, 0.4) is 0 Å². The van der Waals surface area contributed by atoms with Gasteiger partial charge < -0.3 is 21.3 Å². The van der Waals surface area contributed by atoms with E-state index >= 15 is 0 Å². The van der Waals surface area contributed by atoms with Crippen molar-refractivity contribution in [3.63, 3.8) is 0 Å². The highest BCUT2D eigenvalue weighted by Gasteiger charge is 2.24. The Labute approximate surface area is 175 Å². The summed E-state index contributed by atoms with van der Waals surface area (Å²) in [7, 11) is 1.67. The van der Waals surface area contributed by atoms with Gasteiger partial charge in [-0.3, -0.25) is 14.6 Å². The van der Waals surface area contributed by atoms with Crippen molar-refractivity contribution in [2.45, 2.75) is 18.8 Å². The molecule has 3 rings (SSSR count). The zero-order chi connectivity index (χ0) is 21.3. The maximum atomic E-state index is 13.2. The minimum Gasteiger partial charge on any atom is -0.356 e. The zero-order valence-corrected chi connectivity index (χ0v) is 16.9. The predicted molar refractivity (Wildman–Crippen MR) is 115 cm³/mol. The van der Waals surface area contributed by atoms with Crippen LogP contribution in [-0.2, 0) is 16.0 Å². The Kier molecular flexibility index (Phi) is 7.37. The Morgan fingerprint density at radius 1 is 1.13 bits per heavy atom. The Morgan fingerprint density at radius 2 is 1.93 bits per heavy atom. The van der Waals surface area contributed by atoms with Crippen LogP contribution in [0.2, 0.25) is 0 Å². The van der Waals surface area contributed by atoms with Crippen molar-refractivity contribution in [1.82, 2.24) is 16.0 Å². The number of nitrogens with zero attached hydrogens (tertiary/aromatic N) is 1. The molecule has 2 amide bonds. The first kappa shape index (κ1) is 21.3. The Morgan fingerprint density at radius 3 is 2.73 bits per heavy atom. The summed E-state index contributed by atoms with van der Waals surface area (Å²) in [5.41, 5.74) is 2.59. The summed E-state index contributed by atoms with van der Waals surface area (Å²) in [6.07, 6.45) is 0.547. The quantitative estimate of drug-likeness (QED) is 0.317. The van der Waals surface area contributed by atoms with E-state index in [0.717, 1.165) is 11.3 Å². The first-order valence-corrected chi connectivity index (χ1v) is 9.89. The van der Waals surface area contributed by atoms with Crippen LogP contribution in [-0.4, -0.2) is 44.5 Å². The largest absolute Gasteiger partial charge is 0.356 e. The lowest BCUT2D eigenvalue weighted by molar-refractivity contribution is -0.120. The van der Waals surface area contributed by atoms with Crippen molar-refractivity contribution in [2.24, 2.45) is 4.99 Å². The molecule has 30 heavy (non-hydrogen) atoms. The average molecular weight is 411 g/mol. The monoisotopic (exact) mass is 411 g/mol. The van der Waals surface area contributed by atoms with Crippen molar-refractivity contribution in [3.05, 3.63) is 65.5 Å². The Bertz CT molecular complexity index is 931. The molecule has 1 unspecified atom stereocenters. The molecule has 0 aromatic heterocycles. The first-order chi connectivity index (χ1) is 14.5. The lowest BCUT2D eigenvalue weighted by Gasteiger charge is -2.26. The Hall–Kier alpha value is -3.42. The van der Waals surface area contributed by atoms with E-state index in [2.05, 4.69) is 26.3 Å². The second kappa shape index (κ2) is 10.4. The molecule has 0 saturated carbocycles. The van der Waals surface area contributed by atoms with E-state index in [0.29, 0.717) is 37.6 Å². The molecular weight excluding hydrogens is 385 g/mol. The van der Waals surface area contributed by atoms with Gasteiger partial charge in [0.2, 0.25) is 11.8 Å². The summed E-state index contributed by atoms with van der Waals surface area (Å²) in [6, 6.07) is 13.8. The van der Waals surface area contributed by atoms with E-state index in [-0.39, 0.29) is 30.0 Å². The number of benzene rings is 2. The van der Waals surface area contributed by atoms with Gasteiger partial charge in [0.05, 0.1) is 6.42 Å². The van der Waals surface area contributed by atoms with Gasteiger partial charge in [0.15, 0.2) is 5.96 Å². The number of guanidine groups is 1. The van der Waals surface area contributed by atoms with Crippen molar-refractivity contribution in [1.29, 1.82) is 0 Å². The SMILES string of the molecule is CN=C(NCCNC(=O)Cc1cccc(F)c1)NCC1CC(=O)Nc2ccccc21.